The van der Waals surface area contributed by atoms with E-state index in [2.05, 4.69) is 22.0 Å². The highest BCUT2D eigenvalue weighted by atomic mass is 32.1. The molecule has 7 heteroatoms. The zero-order valence-corrected chi connectivity index (χ0v) is 16.1. The van der Waals surface area contributed by atoms with Gasteiger partial charge in [0.2, 0.25) is 0 Å². The van der Waals surface area contributed by atoms with Crippen molar-refractivity contribution in [1.29, 1.82) is 0 Å². The summed E-state index contributed by atoms with van der Waals surface area (Å²) in [6.45, 7) is 5.81. The van der Waals surface area contributed by atoms with E-state index in [1.807, 2.05) is 0 Å². The van der Waals surface area contributed by atoms with Crippen LogP contribution in [-0.4, -0.2) is 60.5 Å². The van der Waals surface area contributed by atoms with Crippen molar-refractivity contribution < 1.29 is 13.7 Å². The Morgan fingerprint density at radius 1 is 1.19 bits per heavy atom. The lowest BCUT2D eigenvalue weighted by Gasteiger charge is -2.32. The van der Waals surface area contributed by atoms with Crippen LogP contribution in [0.2, 0.25) is 0 Å². The van der Waals surface area contributed by atoms with E-state index in [1.165, 1.54) is 12.5 Å². The van der Waals surface area contributed by atoms with Gasteiger partial charge in [0.1, 0.15) is 5.69 Å². The highest BCUT2D eigenvalue weighted by molar-refractivity contribution is 7.13. The molecule has 0 spiro atoms. The van der Waals surface area contributed by atoms with Crippen LogP contribution in [0.5, 0.6) is 0 Å². The molecule has 0 unspecified atom stereocenters. The van der Waals surface area contributed by atoms with Crippen molar-refractivity contribution >= 4 is 17.1 Å². The van der Waals surface area contributed by atoms with Gasteiger partial charge in [-0.1, -0.05) is 18.0 Å². The van der Waals surface area contributed by atoms with Crippen LogP contribution in [0.25, 0.3) is 10.6 Å². The lowest BCUT2D eigenvalue weighted by molar-refractivity contribution is 0.0970. The minimum atomic E-state index is -0.277. The number of carbonyl (C=O) groups excluding carboxylic acids is 1. The maximum atomic E-state index is 13.1. The topological polar surface area (TPSA) is 49.6 Å². The Morgan fingerprint density at radius 2 is 1.96 bits per heavy atom. The van der Waals surface area contributed by atoms with E-state index in [0.29, 0.717) is 22.8 Å². The quantitative estimate of drug-likeness (QED) is 0.488. The fraction of sp³-hybridized carbons (Fsp3) is 0.579. The number of hydrogen-bond donors (Lipinski definition) is 0. The molecule has 0 atom stereocenters. The molecule has 26 heavy (non-hydrogen) atoms. The van der Waals surface area contributed by atoms with Gasteiger partial charge in [-0.05, 0) is 38.6 Å². The van der Waals surface area contributed by atoms with Gasteiger partial charge >= 0.3 is 0 Å². The van der Waals surface area contributed by atoms with Gasteiger partial charge in [0.15, 0.2) is 16.7 Å². The maximum absolute atomic E-state index is 13.1. The molecule has 1 fully saturated rings. The van der Waals surface area contributed by atoms with E-state index in [4.69, 9.17) is 4.52 Å². The summed E-state index contributed by atoms with van der Waals surface area (Å²) in [6.07, 6.45) is 4.76. The molecule has 0 aliphatic carbocycles. The first kappa shape index (κ1) is 19.2. The summed E-state index contributed by atoms with van der Waals surface area (Å²) in [4.78, 5) is 17.7. The van der Waals surface area contributed by atoms with Gasteiger partial charge < -0.3 is 14.3 Å². The molecule has 1 aliphatic heterocycles. The first-order valence-electron chi connectivity index (χ1n) is 9.28. The molecule has 3 rings (SSSR count). The van der Waals surface area contributed by atoms with E-state index in [-0.39, 0.29) is 10.9 Å². The van der Waals surface area contributed by atoms with Crippen molar-refractivity contribution in [3.8, 4) is 10.6 Å². The second kappa shape index (κ2) is 9.39. The van der Waals surface area contributed by atoms with E-state index in [9.17, 15) is 9.18 Å². The number of nitrogens with zero attached hydrogens (tertiary/aromatic N) is 3. The molecular formula is C19H26FN3O2S. The average molecular weight is 380 g/mol. The molecular weight excluding hydrogens is 353 g/mol. The van der Waals surface area contributed by atoms with Gasteiger partial charge in [0.05, 0.1) is 4.88 Å². The molecule has 0 radical (unpaired) electrons. The number of carbonyl (C=O) groups is 1. The molecule has 5 nitrogen and oxygen atoms in total. The minimum Gasteiger partial charge on any atom is -0.355 e. The fourth-order valence-corrected chi connectivity index (χ4v) is 3.82. The van der Waals surface area contributed by atoms with Crippen LogP contribution in [0, 0.1) is 5.13 Å². The lowest BCUT2D eigenvalue weighted by atomic mass is 10.1. The van der Waals surface area contributed by atoms with Crippen molar-refractivity contribution in [3.63, 3.8) is 0 Å². The first-order chi connectivity index (χ1) is 12.6. The van der Waals surface area contributed by atoms with Crippen LogP contribution < -0.4 is 0 Å². The molecule has 1 saturated heterocycles. The highest BCUT2D eigenvalue weighted by Crippen LogP contribution is 2.28. The molecule has 3 heterocycles. The van der Waals surface area contributed by atoms with Gasteiger partial charge in [0.25, 0.3) is 0 Å². The standard InChI is InChI=1S/C19H26FN3O2S/c1-22-10-12-23(13-11-22)9-5-3-2-4-6-16(24)15-14-17(25-21-15)18-7-8-19(20)26-18/h7-8,14H,2-6,9-13H2,1H3. The van der Waals surface area contributed by atoms with E-state index in [0.717, 1.165) is 63.3 Å². The third-order valence-corrected chi connectivity index (χ3v) is 5.72. The first-order valence-corrected chi connectivity index (χ1v) is 10.1. The third-order valence-electron chi connectivity index (χ3n) is 4.84. The Labute approximate surface area is 157 Å². The Hall–Kier alpha value is -1.57. The average Bonchev–Trinajstić information content (AvgIpc) is 3.28. The number of rotatable bonds is 9. The molecule has 0 bridgehead atoms. The Balaban J connectivity index is 1.31. The number of halogens is 1. The van der Waals surface area contributed by atoms with Gasteiger partial charge in [-0.15, -0.1) is 11.3 Å². The number of thiophene rings is 1. The van der Waals surface area contributed by atoms with Crippen LogP contribution in [0.3, 0.4) is 0 Å². The molecule has 2 aromatic heterocycles. The van der Waals surface area contributed by atoms with Crippen LogP contribution in [-0.2, 0) is 0 Å². The number of hydrogen-bond acceptors (Lipinski definition) is 6. The number of unbranched alkanes of at least 4 members (excludes halogenated alkanes) is 3. The zero-order chi connectivity index (χ0) is 18.4. The molecule has 0 N–H and O–H groups in total. The van der Waals surface area contributed by atoms with Crippen LogP contribution >= 0.6 is 11.3 Å². The van der Waals surface area contributed by atoms with Crippen molar-refractivity contribution in [1.82, 2.24) is 15.0 Å². The number of Topliss-reactive ketones (excluding diaryl/α,β-unsaturated/α-hetero) is 1. The van der Waals surface area contributed by atoms with Crippen LogP contribution in [0.15, 0.2) is 22.7 Å². The van der Waals surface area contributed by atoms with E-state index in [1.54, 1.807) is 12.1 Å². The predicted molar refractivity (Wildman–Crippen MR) is 101 cm³/mol. The van der Waals surface area contributed by atoms with Crippen LogP contribution in [0.4, 0.5) is 4.39 Å². The monoisotopic (exact) mass is 379 g/mol. The smallest absolute Gasteiger partial charge is 0.184 e. The molecule has 0 saturated carbocycles. The number of ketones is 1. The van der Waals surface area contributed by atoms with Crippen molar-refractivity contribution in [2.75, 3.05) is 39.8 Å². The summed E-state index contributed by atoms with van der Waals surface area (Å²) in [5, 5.41) is 3.56. The predicted octanol–water partition coefficient (Wildman–Crippen LogP) is 3.92. The fourth-order valence-electron chi connectivity index (χ4n) is 3.14. The van der Waals surface area contributed by atoms with Crippen molar-refractivity contribution in [2.45, 2.75) is 32.1 Å². The van der Waals surface area contributed by atoms with Gasteiger partial charge in [-0.25, -0.2) is 0 Å². The maximum Gasteiger partial charge on any atom is 0.184 e. The number of aromatic nitrogens is 1. The van der Waals surface area contributed by atoms with Crippen LogP contribution in [0.1, 0.15) is 42.6 Å². The highest BCUT2D eigenvalue weighted by Gasteiger charge is 2.15. The Bertz CT molecular complexity index is 707. The Morgan fingerprint density at radius 3 is 2.69 bits per heavy atom. The third kappa shape index (κ3) is 5.46. The summed E-state index contributed by atoms with van der Waals surface area (Å²) >= 11 is 0.986. The second-order valence-corrected chi connectivity index (χ2v) is 7.95. The summed E-state index contributed by atoms with van der Waals surface area (Å²) in [5.74, 6) is 0.450. The SMILES string of the molecule is CN1CCN(CCCCCCC(=O)c2cc(-c3ccc(F)s3)on2)CC1. The summed E-state index contributed by atoms with van der Waals surface area (Å²) < 4.78 is 18.2. The second-order valence-electron chi connectivity index (χ2n) is 6.91. The summed E-state index contributed by atoms with van der Waals surface area (Å²) in [5.41, 5.74) is 0.339. The summed E-state index contributed by atoms with van der Waals surface area (Å²) in [6, 6.07) is 4.63. The Kier molecular flexibility index (Phi) is 6.93. The van der Waals surface area contributed by atoms with E-state index >= 15 is 0 Å². The van der Waals surface area contributed by atoms with Gasteiger partial charge in [0, 0.05) is 38.7 Å². The molecule has 0 amide bonds. The van der Waals surface area contributed by atoms with Gasteiger partial charge in [-0.3, -0.25) is 4.79 Å². The largest absolute Gasteiger partial charge is 0.355 e. The number of likely N-dealkylation sites (N-methyl/N-ethyl adjacent to an activating group) is 1. The van der Waals surface area contributed by atoms with Crippen molar-refractivity contribution in [2.24, 2.45) is 0 Å². The molecule has 142 valence electrons. The minimum absolute atomic E-state index is 0.00362. The zero-order valence-electron chi connectivity index (χ0n) is 15.2. The normalized spacial score (nSPS) is 16.2. The van der Waals surface area contributed by atoms with Crippen molar-refractivity contribution in [3.05, 3.63) is 29.0 Å². The van der Waals surface area contributed by atoms with Gasteiger partial charge in [-0.2, -0.15) is 4.39 Å². The number of piperazine rings is 1. The summed E-state index contributed by atoms with van der Waals surface area (Å²) in [7, 11) is 2.17. The molecule has 2 aromatic rings. The lowest BCUT2D eigenvalue weighted by Crippen LogP contribution is -2.44. The molecule has 0 aromatic carbocycles. The van der Waals surface area contributed by atoms with E-state index < -0.39 is 0 Å². The molecule has 1 aliphatic rings.